The number of aromatic nitrogens is 1. The van der Waals surface area contributed by atoms with Crippen LogP contribution in [0.15, 0.2) is 48.7 Å². The number of thiophene rings is 1. The maximum Gasteiger partial charge on any atom is 0.268 e. The van der Waals surface area contributed by atoms with Crippen molar-refractivity contribution in [3.8, 4) is 10.4 Å². The minimum Gasteiger partial charge on any atom is -0.355 e. The summed E-state index contributed by atoms with van der Waals surface area (Å²) in [7, 11) is 4.26. The van der Waals surface area contributed by atoms with Crippen molar-refractivity contribution < 1.29 is 4.79 Å². The predicted octanol–water partition coefficient (Wildman–Crippen LogP) is 5.23. The molecule has 4 heterocycles. The number of pyridine rings is 1. The third kappa shape index (κ3) is 4.37. The highest BCUT2D eigenvalue weighted by Crippen LogP contribution is 2.36. The van der Waals surface area contributed by atoms with Gasteiger partial charge in [-0.05, 0) is 68.4 Å². The highest BCUT2D eigenvalue weighted by molar-refractivity contribution is 7.17. The number of carbonyl (C=O) groups excluding carboxylic acids is 1. The van der Waals surface area contributed by atoms with Crippen LogP contribution in [0.3, 0.4) is 0 Å². The van der Waals surface area contributed by atoms with Gasteiger partial charge in [-0.2, -0.15) is 0 Å². The fraction of sp³-hybridized carbons (Fsp3) is 0.333. The lowest BCUT2D eigenvalue weighted by Crippen LogP contribution is -2.36. The number of rotatable bonds is 4. The second kappa shape index (κ2) is 9.40. The lowest BCUT2D eigenvalue weighted by atomic mass is 10.1. The van der Waals surface area contributed by atoms with E-state index < -0.39 is 0 Å². The molecule has 5 nitrogen and oxygen atoms in total. The molecular weight excluding hydrogens is 463 g/mol. The highest BCUT2D eigenvalue weighted by atomic mass is 35.5. The standard InChI is InChI=1S/C24H25ClN4OS.ClH/c1-27(2)20-10-11-28(15-20)22-8-7-19(14-26-22)29-12-9-17-13-21(31-23(17)24(29)30)16-3-5-18(25)6-4-16;/h3-8,13-14,20H,9-12,15H2,1-2H3;1H/t20-;/m1./s1. The average molecular weight is 489 g/mol. The van der Waals surface area contributed by atoms with Gasteiger partial charge in [-0.25, -0.2) is 4.98 Å². The minimum atomic E-state index is 0. The van der Waals surface area contributed by atoms with Gasteiger partial charge in [-0.1, -0.05) is 23.7 Å². The first kappa shape index (κ1) is 23.1. The van der Waals surface area contributed by atoms with Crippen LogP contribution in [-0.4, -0.2) is 55.6 Å². The molecule has 2 aliphatic heterocycles. The molecule has 0 bridgehead atoms. The fourth-order valence-electron chi connectivity index (χ4n) is 4.35. The molecule has 1 fully saturated rings. The van der Waals surface area contributed by atoms with Crippen molar-refractivity contribution >= 4 is 52.8 Å². The van der Waals surface area contributed by atoms with Crippen molar-refractivity contribution in [3.05, 3.63) is 64.1 Å². The second-order valence-corrected chi connectivity index (χ2v) is 9.89. The van der Waals surface area contributed by atoms with Gasteiger partial charge in [0.25, 0.3) is 5.91 Å². The number of nitrogens with zero attached hydrogens (tertiary/aromatic N) is 4. The molecule has 1 saturated heterocycles. The van der Waals surface area contributed by atoms with Crippen molar-refractivity contribution in [2.24, 2.45) is 0 Å². The monoisotopic (exact) mass is 488 g/mol. The Balaban J connectivity index is 0.00000245. The normalized spacial score (nSPS) is 18.1. The Kier molecular flexibility index (Phi) is 6.77. The molecule has 2 aliphatic rings. The summed E-state index contributed by atoms with van der Waals surface area (Å²) in [6.07, 6.45) is 3.84. The summed E-state index contributed by atoms with van der Waals surface area (Å²) in [6.45, 7) is 2.69. The Morgan fingerprint density at radius 3 is 2.56 bits per heavy atom. The van der Waals surface area contributed by atoms with Gasteiger partial charge in [0.2, 0.25) is 0 Å². The molecular formula is C24H26Cl2N4OS. The Bertz CT molecular complexity index is 1100. The van der Waals surface area contributed by atoms with Crippen molar-refractivity contribution in [3.63, 3.8) is 0 Å². The van der Waals surface area contributed by atoms with Crippen LogP contribution in [0.1, 0.15) is 21.7 Å². The van der Waals surface area contributed by atoms with E-state index in [1.54, 1.807) is 11.3 Å². The summed E-state index contributed by atoms with van der Waals surface area (Å²) >= 11 is 7.58. The third-order valence-corrected chi connectivity index (χ3v) is 7.71. The number of amides is 1. The van der Waals surface area contributed by atoms with Crippen molar-refractivity contribution in [2.75, 3.05) is 43.5 Å². The molecule has 168 valence electrons. The summed E-state index contributed by atoms with van der Waals surface area (Å²) in [6, 6.07) is 14.6. The zero-order valence-electron chi connectivity index (χ0n) is 18.1. The van der Waals surface area contributed by atoms with E-state index in [1.165, 1.54) is 0 Å². The van der Waals surface area contributed by atoms with Crippen LogP contribution in [0.4, 0.5) is 11.5 Å². The van der Waals surface area contributed by atoms with Gasteiger partial charge in [-0.3, -0.25) is 4.79 Å². The molecule has 8 heteroatoms. The van der Waals surface area contributed by atoms with Crippen LogP contribution in [0, 0.1) is 0 Å². The number of halogens is 2. The molecule has 3 aromatic rings. The molecule has 0 N–H and O–H groups in total. The lowest BCUT2D eigenvalue weighted by Gasteiger charge is -2.27. The van der Waals surface area contributed by atoms with Gasteiger partial charge in [0.1, 0.15) is 5.82 Å². The number of carbonyl (C=O) groups is 1. The van der Waals surface area contributed by atoms with Gasteiger partial charge in [0, 0.05) is 35.6 Å². The lowest BCUT2D eigenvalue weighted by molar-refractivity contribution is 0.0985. The first-order chi connectivity index (χ1) is 15.0. The SMILES string of the molecule is CN(C)[C@@H]1CCN(c2ccc(N3CCc4cc(-c5ccc(Cl)cc5)sc4C3=O)cn2)C1.Cl. The van der Waals surface area contributed by atoms with Crippen LogP contribution < -0.4 is 9.80 Å². The quantitative estimate of drug-likeness (QED) is 0.503. The van der Waals surface area contributed by atoms with Gasteiger partial charge >= 0.3 is 0 Å². The van der Waals surface area contributed by atoms with E-state index in [9.17, 15) is 4.79 Å². The number of hydrogen-bond donors (Lipinski definition) is 0. The maximum absolute atomic E-state index is 13.2. The minimum absolute atomic E-state index is 0. The van der Waals surface area contributed by atoms with E-state index in [-0.39, 0.29) is 18.3 Å². The zero-order valence-corrected chi connectivity index (χ0v) is 20.5. The summed E-state index contributed by atoms with van der Waals surface area (Å²) < 4.78 is 0. The molecule has 2 aromatic heterocycles. The maximum atomic E-state index is 13.2. The average Bonchev–Trinajstić information content (AvgIpc) is 3.43. The summed E-state index contributed by atoms with van der Waals surface area (Å²) in [5.74, 6) is 1.05. The number of likely N-dealkylation sites (N-methyl/N-ethyl adjacent to an activating group) is 1. The first-order valence-electron chi connectivity index (χ1n) is 10.6. The first-order valence-corrected chi connectivity index (χ1v) is 11.8. The van der Waals surface area contributed by atoms with E-state index in [2.05, 4.69) is 34.9 Å². The molecule has 1 atom stereocenters. The Morgan fingerprint density at radius 1 is 1.12 bits per heavy atom. The van der Waals surface area contributed by atoms with Crippen LogP contribution >= 0.6 is 35.3 Å². The Hall–Kier alpha value is -2.12. The van der Waals surface area contributed by atoms with Gasteiger partial charge in [-0.15, -0.1) is 23.7 Å². The van der Waals surface area contributed by atoms with E-state index >= 15 is 0 Å². The molecule has 0 unspecified atom stereocenters. The fourth-order valence-corrected chi connectivity index (χ4v) is 5.64. The van der Waals surface area contributed by atoms with Crippen molar-refractivity contribution in [1.29, 1.82) is 0 Å². The number of benzene rings is 1. The van der Waals surface area contributed by atoms with Crippen LogP contribution in [0.5, 0.6) is 0 Å². The Morgan fingerprint density at radius 2 is 1.91 bits per heavy atom. The van der Waals surface area contributed by atoms with E-state index in [4.69, 9.17) is 11.6 Å². The Labute approximate surface area is 204 Å². The van der Waals surface area contributed by atoms with Crippen molar-refractivity contribution in [2.45, 2.75) is 18.9 Å². The van der Waals surface area contributed by atoms with E-state index in [0.717, 1.165) is 63.3 Å². The van der Waals surface area contributed by atoms with Crippen LogP contribution in [0.25, 0.3) is 10.4 Å². The number of anilines is 2. The second-order valence-electron chi connectivity index (χ2n) is 8.41. The molecule has 1 aromatic carbocycles. The predicted molar refractivity (Wildman–Crippen MR) is 136 cm³/mol. The topological polar surface area (TPSA) is 39.7 Å². The highest BCUT2D eigenvalue weighted by Gasteiger charge is 2.29. The molecule has 1 amide bonds. The van der Waals surface area contributed by atoms with E-state index in [0.29, 0.717) is 12.6 Å². The number of hydrogen-bond acceptors (Lipinski definition) is 5. The largest absolute Gasteiger partial charge is 0.355 e. The summed E-state index contributed by atoms with van der Waals surface area (Å²) in [5.41, 5.74) is 3.09. The molecule has 0 radical (unpaired) electrons. The zero-order chi connectivity index (χ0) is 21.5. The molecule has 0 spiro atoms. The third-order valence-electron chi connectivity index (χ3n) is 6.24. The number of fused-ring (bicyclic) bond motifs is 1. The van der Waals surface area contributed by atoms with Gasteiger partial charge in [0.15, 0.2) is 0 Å². The molecule has 0 aliphatic carbocycles. The van der Waals surface area contributed by atoms with Crippen LogP contribution in [-0.2, 0) is 6.42 Å². The summed E-state index contributed by atoms with van der Waals surface area (Å²) in [4.78, 5) is 26.3. The van der Waals surface area contributed by atoms with E-state index in [1.807, 2.05) is 47.5 Å². The summed E-state index contributed by atoms with van der Waals surface area (Å²) in [5, 5.41) is 0.717. The van der Waals surface area contributed by atoms with Crippen molar-refractivity contribution in [1.82, 2.24) is 9.88 Å². The molecule has 32 heavy (non-hydrogen) atoms. The molecule has 0 saturated carbocycles. The molecule has 5 rings (SSSR count). The van der Waals surface area contributed by atoms with Gasteiger partial charge in [0.05, 0.1) is 16.8 Å². The smallest absolute Gasteiger partial charge is 0.268 e. The van der Waals surface area contributed by atoms with Gasteiger partial charge < -0.3 is 14.7 Å². The van der Waals surface area contributed by atoms with Crippen LogP contribution in [0.2, 0.25) is 5.02 Å².